The van der Waals surface area contributed by atoms with Gasteiger partial charge in [0.05, 0.1) is 34.7 Å². The molecule has 2 N–H and O–H groups in total. The lowest BCUT2D eigenvalue weighted by molar-refractivity contribution is 0.254. The van der Waals surface area contributed by atoms with Crippen molar-refractivity contribution in [1.82, 2.24) is 30.2 Å². The number of rotatable bonds is 7. The van der Waals surface area contributed by atoms with Crippen LogP contribution in [-0.2, 0) is 0 Å². The van der Waals surface area contributed by atoms with Gasteiger partial charge in [0.1, 0.15) is 5.65 Å². The summed E-state index contributed by atoms with van der Waals surface area (Å²) in [5.41, 5.74) is 3.92. The summed E-state index contributed by atoms with van der Waals surface area (Å²) in [4.78, 5) is 21.0. The molecule has 7 nitrogen and oxygen atoms in total. The van der Waals surface area contributed by atoms with Gasteiger partial charge in [0.15, 0.2) is 5.82 Å². The van der Waals surface area contributed by atoms with Crippen LogP contribution in [0.4, 0.5) is 10.1 Å². The Morgan fingerprint density at radius 2 is 2.00 bits per heavy atom. The van der Waals surface area contributed by atoms with Gasteiger partial charge in [-0.1, -0.05) is 6.92 Å². The Labute approximate surface area is 186 Å². The number of hydrogen-bond acceptors (Lipinski definition) is 6. The van der Waals surface area contributed by atoms with E-state index < -0.39 is 0 Å². The molecular weight excluding hydrogens is 405 g/mol. The van der Waals surface area contributed by atoms with Gasteiger partial charge in [-0.25, -0.2) is 9.37 Å². The molecule has 0 aromatic carbocycles. The second-order valence-electron chi connectivity index (χ2n) is 8.20. The van der Waals surface area contributed by atoms with E-state index in [4.69, 9.17) is 0 Å². The van der Waals surface area contributed by atoms with Gasteiger partial charge < -0.3 is 15.2 Å². The number of nitrogens with zero attached hydrogens (tertiary/aromatic N) is 5. The number of fused-ring (bicyclic) bond motifs is 3. The first-order chi connectivity index (χ1) is 15.7. The van der Waals surface area contributed by atoms with Gasteiger partial charge in [-0.2, -0.15) is 0 Å². The summed E-state index contributed by atoms with van der Waals surface area (Å²) in [5.74, 6) is -0.279. The van der Waals surface area contributed by atoms with E-state index in [1.807, 2.05) is 18.2 Å². The van der Waals surface area contributed by atoms with Crippen LogP contribution < -0.4 is 10.2 Å². The summed E-state index contributed by atoms with van der Waals surface area (Å²) < 4.78 is 15.2. The quantitative estimate of drug-likeness (QED) is 0.435. The van der Waals surface area contributed by atoms with Gasteiger partial charge in [-0.3, -0.25) is 14.9 Å². The molecule has 0 aliphatic carbocycles. The predicted octanol–water partition coefficient (Wildman–Crippen LogP) is 3.43. The summed E-state index contributed by atoms with van der Waals surface area (Å²) >= 11 is 0. The van der Waals surface area contributed by atoms with Gasteiger partial charge in [0.25, 0.3) is 0 Å². The van der Waals surface area contributed by atoms with Crippen molar-refractivity contribution in [3.05, 3.63) is 48.8 Å². The molecule has 1 aliphatic heterocycles. The van der Waals surface area contributed by atoms with Crippen molar-refractivity contribution in [2.75, 3.05) is 50.7 Å². The summed E-state index contributed by atoms with van der Waals surface area (Å²) in [7, 11) is 0. The molecule has 0 bridgehead atoms. The van der Waals surface area contributed by atoms with Crippen LogP contribution in [0, 0.1) is 5.82 Å². The number of hydrogen-bond donors (Lipinski definition) is 2. The molecule has 32 heavy (non-hydrogen) atoms. The molecule has 1 saturated heterocycles. The maximum absolute atomic E-state index is 15.2. The topological polar surface area (TPSA) is 73.0 Å². The molecule has 1 fully saturated rings. The number of pyridine rings is 3. The fourth-order valence-electron chi connectivity index (χ4n) is 4.50. The molecule has 4 aromatic rings. The second-order valence-corrected chi connectivity index (χ2v) is 8.20. The smallest absolute Gasteiger partial charge is 0.165 e. The Balaban J connectivity index is 1.46. The lowest BCUT2D eigenvalue weighted by atomic mass is 10.1. The minimum atomic E-state index is -0.279. The van der Waals surface area contributed by atoms with Crippen LogP contribution in [0.2, 0.25) is 0 Å². The van der Waals surface area contributed by atoms with Crippen molar-refractivity contribution >= 4 is 27.6 Å². The SMILES string of the molecule is CCNCCCN1CCN(c2c(F)cnc3[nH]c4cnc(-c5cccnc5)cc4c23)CC1. The maximum Gasteiger partial charge on any atom is 0.165 e. The van der Waals surface area contributed by atoms with Crippen molar-refractivity contribution in [2.45, 2.75) is 13.3 Å². The number of aromatic nitrogens is 4. The summed E-state index contributed by atoms with van der Waals surface area (Å²) in [6.45, 7) is 8.70. The zero-order valence-corrected chi connectivity index (χ0v) is 18.3. The third-order valence-electron chi connectivity index (χ3n) is 6.16. The van der Waals surface area contributed by atoms with Crippen LogP contribution in [-0.4, -0.2) is 70.6 Å². The highest BCUT2D eigenvalue weighted by Gasteiger charge is 2.24. The molecule has 0 unspecified atom stereocenters. The molecule has 0 atom stereocenters. The van der Waals surface area contributed by atoms with Gasteiger partial charge in [0, 0.05) is 49.5 Å². The molecule has 1 aliphatic rings. The number of H-pyrrole nitrogens is 1. The van der Waals surface area contributed by atoms with Crippen molar-refractivity contribution in [3.63, 3.8) is 0 Å². The number of halogens is 1. The van der Waals surface area contributed by atoms with Crippen LogP contribution in [0.1, 0.15) is 13.3 Å². The predicted molar refractivity (Wildman–Crippen MR) is 126 cm³/mol. The van der Waals surface area contributed by atoms with Crippen LogP contribution in [0.15, 0.2) is 43.0 Å². The van der Waals surface area contributed by atoms with E-state index in [9.17, 15) is 0 Å². The highest BCUT2D eigenvalue weighted by Crippen LogP contribution is 2.36. The van der Waals surface area contributed by atoms with E-state index in [0.29, 0.717) is 11.3 Å². The van der Waals surface area contributed by atoms with Crippen LogP contribution in [0.25, 0.3) is 33.2 Å². The van der Waals surface area contributed by atoms with Crippen molar-refractivity contribution in [2.24, 2.45) is 0 Å². The van der Waals surface area contributed by atoms with Crippen molar-refractivity contribution < 1.29 is 4.39 Å². The number of piperazine rings is 1. The fourth-order valence-corrected chi connectivity index (χ4v) is 4.50. The van der Waals surface area contributed by atoms with E-state index >= 15 is 4.39 Å². The Morgan fingerprint density at radius 1 is 1.12 bits per heavy atom. The normalized spacial score (nSPS) is 15.1. The van der Waals surface area contributed by atoms with E-state index in [1.54, 1.807) is 18.6 Å². The Hall–Kier alpha value is -3.10. The van der Waals surface area contributed by atoms with Crippen LogP contribution in [0.3, 0.4) is 0 Å². The lowest BCUT2D eigenvalue weighted by Gasteiger charge is -2.36. The second kappa shape index (κ2) is 9.18. The maximum atomic E-state index is 15.2. The minimum absolute atomic E-state index is 0.279. The average Bonchev–Trinajstić information content (AvgIpc) is 3.21. The van der Waals surface area contributed by atoms with Gasteiger partial charge in [0.2, 0.25) is 0 Å². The summed E-state index contributed by atoms with van der Waals surface area (Å²) in [6, 6.07) is 5.87. The van der Waals surface area contributed by atoms with Gasteiger partial charge >= 0.3 is 0 Å². The molecule has 0 spiro atoms. The molecule has 166 valence electrons. The van der Waals surface area contributed by atoms with Crippen molar-refractivity contribution in [3.8, 4) is 11.3 Å². The zero-order chi connectivity index (χ0) is 21.9. The first kappa shape index (κ1) is 20.8. The molecule has 0 amide bonds. The molecule has 0 radical (unpaired) electrons. The van der Waals surface area contributed by atoms with Gasteiger partial charge in [-0.05, 0) is 44.3 Å². The van der Waals surface area contributed by atoms with E-state index in [-0.39, 0.29) is 5.82 Å². The Kier molecular flexibility index (Phi) is 5.96. The van der Waals surface area contributed by atoms with E-state index in [2.05, 4.69) is 42.0 Å². The number of nitrogens with one attached hydrogen (secondary N) is 2. The summed E-state index contributed by atoms with van der Waals surface area (Å²) in [5, 5.41) is 5.14. The van der Waals surface area contributed by atoms with Crippen LogP contribution in [0.5, 0.6) is 0 Å². The standard InChI is InChI=1S/C24H28FN7/c1-2-26-7-4-8-31-9-11-32(12-10-31)23-19(25)15-29-24-22(23)18-13-20(28-16-21(18)30-24)17-5-3-6-27-14-17/h3,5-6,13-16,26H,2,4,7-12H2,1H3,(H,29,30). The summed E-state index contributed by atoms with van der Waals surface area (Å²) in [6.07, 6.45) is 7.78. The molecule has 4 aromatic heterocycles. The van der Waals surface area contributed by atoms with Crippen molar-refractivity contribution in [1.29, 1.82) is 0 Å². The Morgan fingerprint density at radius 3 is 2.78 bits per heavy atom. The van der Waals surface area contributed by atoms with Gasteiger partial charge in [-0.15, -0.1) is 0 Å². The van der Waals surface area contributed by atoms with Crippen LogP contribution >= 0.6 is 0 Å². The highest BCUT2D eigenvalue weighted by molar-refractivity contribution is 6.12. The highest BCUT2D eigenvalue weighted by atomic mass is 19.1. The Bertz CT molecular complexity index is 1200. The third kappa shape index (κ3) is 4.03. The zero-order valence-electron chi connectivity index (χ0n) is 18.3. The third-order valence-corrected chi connectivity index (χ3v) is 6.16. The number of aromatic amines is 1. The lowest BCUT2D eigenvalue weighted by Crippen LogP contribution is -2.47. The fraction of sp³-hybridized carbons (Fsp3) is 0.375. The number of anilines is 1. The molecule has 8 heteroatoms. The first-order valence-electron chi connectivity index (χ1n) is 11.3. The molecular formula is C24H28FN7. The largest absolute Gasteiger partial charge is 0.366 e. The van der Waals surface area contributed by atoms with E-state index in [0.717, 1.165) is 79.8 Å². The average molecular weight is 434 g/mol. The molecule has 5 heterocycles. The minimum Gasteiger partial charge on any atom is -0.366 e. The van der Waals surface area contributed by atoms with E-state index in [1.165, 1.54) is 6.20 Å². The molecule has 0 saturated carbocycles. The first-order valence-corrected chi connectivity index (χ1v) is 11.3. The molecule has 5 rings (SSSR count). The monoisotopic (exact) mass is 433 g/mol.